The molecule has 4 nitrogen and oxygen atoms in total. The van der Waals surface area contributed by atoms with Crippen LogP contribution in [-0.2, 0) is 14.3 Å². The fourth-order valence-electron chi connectivity index (χ4n) is 2.09. The molecule has 0 spiro atoms. The van der Waals surface area contributed by atoms with E-state index in [1.54, 1.807) is 0 Å². The zero-order chi connectivity index (χ0) is 33.1. The predicted octanol–water partition coefficient (Wildman–Crippen LogP) is 8.59. The fourth-order valence-corrected chi connectivity index (χ4v) is 19.8. The third-order valence-electron chi connectivity index (χ3n) is 4.19. The van der Waals surface area contributed by atoms with Crippen molar-refractivity contribution in [3.05, 3.63) is 30.3 Å². The van der Waals surface area contributed by atoms with Crippen molar-refractivity contribution in [3.63, 3.8) is 0 Å². The maximum atomic E-state index is 13.9. The molecule has 0 atom stereocenters. The van der Waals surface area contributed by atoms with Crippen LogP contribution in [-0.4, -0.2) is 70.0 Å². The van der Waals surface area contributed by atoms with Gasteiger partial charge in [-0.3, -0.25) is 0 Å². The van der Waals surface area contributed by atoms with Crippen LogP contribution in [0.1, 0.15) is 0 Å². The minimum absolute atomic E-state index is 0.0818. The zero-order valence-electron chi connectivity index (χ0n) is 17.9. The van der Waals surface area contributed by atoms with Gasteiger partial charge in [0, 0.05) is 0 Å². The molecule has 0 aliphatic rings. The van der Waals surface area contributed by atoms with Gasteiger partial charge in [-0.15, -0.1) is 0 Å². The van der Waals surface area contributed by atoms with E-state index in [-0.39, 0.29) is 12.1 Å². The summed E-state index contributed by atoms with van der Waals surface area (Å²) in [6.45, 7) is 0. The molecule has 41 heavy (non-hydrogen) atoms. The van der Waals surface area contributed by atoms with Gasteiger partial charge >= 0.3 is 220 Å². The summed E-state index contributed by atoms with van der Waals surface area (Å²) in [5.74, 6) is 0. The Bertz CT molecular complexity index is 1040. The molecule has 27 heteroatoms. The number of benzene rings is 1. The van der Waals surface area contributed by atoms with E-state index in [2.05, 4.69) is 5.20 Å². The fraction of sp³-hybridized carbons (Fsp3) is 0.571. The molecule has 0 saturated heterocycles. The molecule has 0 aliphatic heterocycles. The van der Waals surface area contributed by atoms with Gasteiger partial charge in [-0.2, -0.15) is 0 Å². The molecule has 0 unspecified atom stereocenters. The van der Waals surface area contributed by atoms with Crippen molar-refractivity contribution in [3.8, 4) is 0 Å². The number of rotatable bonds is 9. The average molecular weight is 888 g/mol. The monoisotopic (exact) mass is 888 g/mol. The predicted molar refractivity (Wildman–Crippen MR) is 93.2 cm³/mol. The Morgan fingerprint density at radius 1 is 0.439 bits per heavy atom. The van der Waals surface area contributed by atoms with E-state index in [1.807, 2.05) is 0 Å². The summed E-state index contributed by atoms with van der Waals surface area (Å²) in [6.07, 6.45) is -31.2. The molecule has 1 rings (SSSR count). The van der Waals surface area contributed by atoms with E-state index in [4.69, 9.17) is 0 Å². The van der Waals surface area contributed by atoms with Gasteiger partial charge in [-0.25, -0.2) is 0 Å². The van der Waals surface area contributed by atoms with Crippen LogP contribution >= 0.6 is 14.7 Å². The van der Waals surface area contributed by atoms with Crippen LogP contribution in [0, 0.1) is 0 Å². The molecular weight excluding hydrogens is 883 g/mol. The second-order valence-electron chi connectivity index (χ2n) is 7.01. The van der Waals surface area contributed by atoms with Crippen molar-refractivity contribution in [2.24, 2.45) is 0 Å². The Hall–Kier alpha value is -0.917. The first kappa shape index (κ1) is 38.1. The van der Waals surface area contributed by atoms with E-state index in [0.29, 0.717) is 18.2 Å². The summed E-state index contributed by atoms with van der Waals surface area (Å²) in [7, 11) is -19.0. The van der Waals surface area contributed by atoms with E-state index in [9.17, 15) is 96.9 Å². The summed E-state index contributed by atoms with van der Waals surface area (Å²) in [5, 5.41) is 0. The molecule has 240 valence electrons. The quantitative estimate of drug-likeness (QED) is 0.142. The van der Waals surface area contributed by atoms with E-state index < -0.39 is 88.0 Å². The van der Waals surface area contributed by atoms with Gasteiger partial charge in [-0.1, -0.05) is 0 Å². The van der Waals surface area contributed by atoms with Crippen LogP contribution in [0.4, 0.5) is 87.8 Å². The van der Waals surface area contributed by atoms with Crippen LogP contribution < -0.4 is 3.27 Å². The van der Waals surface area contributed by atoms with Crippen LogP contribution in [0.2, 0.25) is 0 Å². The number of hydrogen-bond acceptors (Lipinski definition) is 4. The minimum atomic E-state index is -9.49. The van der Waals surface area contributed by atoms with Gasteiger partial charge < -0.3 is 0 Å². The van der Waals surface area contributed by atoms with E-state index in [1.165, 1.54) is 0 Å². The van der Waals surface area contributed by atoms with Crippen LogP contribution in [0.5, 0.6) is 0 Å². The summed E-state index contributed by atoms with van der Waals surface area (Å²) in [4.78, 5) is 0. The number of halogens is 20. The standard InChI is InChI=1S/C6H5.2C4HF10O2P.Bi/c1-2-4-6-5-3-1;2*5-1(6,7)3(11,12)17(15,16)4(13,14)2(8,9)10;/h1-5H;2*(H,15,16);/q;;;+2/p-2. The van der Waals surface area contributed by atoms with Crippen molar-refractivity contribution >= 4 is 40.6 Å². The van der Waals surface area contributed by atoms with Crippen LogP contribution in [0.15, 0.2) is 30.3 Å². The summed E-state index contributed by atoms with van der Waals surface area (Å²) in [6, 6.07) is 1.18. The van der Waals surface area contributed by atoms with Gasteiger partial charge in [0.2, 0.25) is 0 Å². The summed E-state index contributed by atoms with van der Waals surface area (Å²) in [5.41, 5.74) is -31.9. The molecule has 0 saturated carbocycles. The third-order valence-corrected chi connectivity index (χ3v) is 20.5. The Labute approximate surface area is 220 Å². The van der Waals surface area contributed by atoms with Crippen molar-refractivity contribution in [1.29, 1.82) is 0 Å². The topological polar surface area (TPSA) is 52.6 Å². The molecule has 0 fully saturated rings. The Kier molecular flexibility index (Phi) is 10.1. The molecule has 0 aromatic heterocycles. The van der Waals surface area contributed by atoms with Gasteiger partial charge in [0.05, 0.1) is 0 Å². The van der Waals surface area contributed by atoms with Gasteiger partial charge in [0.1, 0.15) is 0 Å². The Balaban J connectivity index is 4.24. The van der Waals surface area contributed by atoms with Crippen LogP contribution in [0.3, 0.4) is 0 Å². The first-order chi connectivity index (χ1) is 17.7. The molecule has 0 radical (unpaired) electrons. The van der Waals surface area contributed by atoms with Gasteiger partial charge in [0.15, 0.2) is 0 Å². The first-order valence-corrected chi connectivity index (χ1v) is 16.7. The Morgan fingerprint density at radius 2 is 0.659 bits per heavy atom. The van der Waals surface area contributed by atoms with Crippen molar-refractivity contribution < 1.29 is 102 Å². The van der Waals surface area contributed by atoms with Crippen molar-refractivity contribution in [1.82, 2.24) is 0 Å². The molecule has 0 heterocycles. The van der Waals surface area contributed by atoms with Crippen molar-refractivity contribution in [2.45, 2.75) is 47.4 Å². The van der Waals surface area contributed by atoms with Gasteiger partial charge in [0.25, 0.3) is 0 Å². The normalized spacial score (nSPS) is 15.9. The number of alkyl halides is 20. The average Bonchev–Trinajstić information content (AvgIpc) is 2.75. The van der Waals surface area contributed by atoms with E-state index >= 15 is 0 Å². The van der Waals surface area contributed by atoms with Gasteiger partial charge in [-0.05, 0) is 0 Å². The first-order valence-electron chi connectivity index (χ1n) is 8.90. The second kappa shape index (κ2) is 10.9. The molecule has 0 N–H and O–H groups in total. The molecule has 1 aromatic carbocycles. The maximum absolute atomic E-state index is 13.9. The SMILES string of the molecule is O=P([O][Bi]([O]P(=O)(C(F)(F)C(F)(F)F)C(F)(F)C(F)(F)F)[c]1ccccc1)(C(F)(F)C(F)(F)F)C(F)(F)C(F)(F)F. The zero-order valence-corrected chi connectivity index (χ0v) is 23.2. The molecule has 0 bridgehead atoms. The third kappa shape index (κ3) is 6.20. The summed E-state index contributed by atoms with van der Waals surface area (Å²) >= 11 is -7.89. The summed E-state index contributed by atoms with van der Waals surface area (Å²) < 4.78 is 294. The van der Waals surface area contributed by atoms with E-state index in [0.717, 1.165) is 0 Å². The molecule has 0 amide bonds. The Morgan fingerprint density at radius 3 is 0.854 bits per heavy atom. The molecule has 1 aromatic rings. The van der Waals surface area contributed by atoms with Crippen molar-refractivity contribution in [2.75, 3.05) is 0 Å². The molecule has 0 aliphatic carbocycles. The molecular formula is C14H5BiF20O4P2. The van der Waals surface area contributed by atoms with Crippen LogP contribution in [0.25, 0.3) is 0 Å². The number of hydrogen-bond donors (Lipinski definition) is 0. The second-order valence-corrected chi connectivity index (χ2v) is 19.6.